The molecule has 0 saturated heterocycles. The van der Waals surface area contributed by atoms with Gasteiger partial charge in [-0.15, -0.1) is 0 Å². The third kappa shape index (κ3) is 2.24. The molecule has 1 saturated carbocycles. The van der Waals surface area contributed by atoms with Gasteiger partial charge in [0.05, 0.1) is 22.9 Å². The molecule has 94 valence electrons. The molecule has 0 unspecified atom stereocenters. The minimum absolute atomic E-state index is 0.240. The van der Waals surface area contributed by atoms with E-state index in [1.807, 2.05) is 0 Å². The number of benzene rings is 1. The van der Waals surface area contributed by atoms with Crippen molar-refractivity contribution in [1.29, 1.82) is 0 Å². The van der Waals surface area contributed by atoms with E-state index in [1.165, 1.54) is 13.2 Å². The van der Waals surface area contributed by atoms with Gasteiger partial charge < -0.3 is 10.5 Å². The van der Waals surface area contributed by atoms with Crippen LogP contribution in [0.5, 0.6) is 5.75 Å². The lowest BCUT2D eigenvalue weighted by Gasteiger charge is -2.12. The van der Waals surface area contributed by atoms with Crippen molar-refractivity contribution < 1.29 is 13.2 Å². The number of nitrogens with two attached hydrogens (primary N) is 1. The van der Waals surface area contributed by atoms with E-state index in [0.29, 0.717) is 16.3 Å². The summed E-state index contributed by atoms with van der Waals surface area (Å²) in [5.41, 5.74) is 6.11. The Labute approximate surface area is 102 Å². The fraction of sp³-hybridized carbons (Fsp3) is 0.500. The van der Waals surface area contributed by atoms with Crippen LogP contribution in [0.2, 0.25) is 0 Å². The maximum absolute atomic E-state index is 12.3. The maximum Gasteiger partial charge on any atom is 0.181 e. The second-order valence-corrected chi connectivity index (χ2v) is 6.58. The summed E-state index contributed by atoms with van der Waals surface area (Å²) in [5.74, 6) is 0.510. The highest BCUT2D eigenvalue weighted by Gasteiger charge is 2.30. The predicted octanol–water partition coefficient (Wildman–Crippen LogP) is 1.99. The first kappa shape index (κ1) is 12.2. The zero-order valence-corrected chi connectivity index (χ0v) is 10.7. The molecular weight excluding hydrogens is 238 g/mol. The molecule has 0 amide bonds. The number of hydrogen-bond donors (Lipinski definition) is 1. The molecule has 2 N–H and O–H groups in total. The first-order chi connectivity index (χ1) is 8.05. The van der Waals surface area contributed by atoms with Gasteiger partial charge in [-0.25, -0.2) is 8.42 Å². The predicted molar refractivity (Wildman–Crippen MR) is 66.8 cm³/mol. The molecule has 0 heterocycles. The van der Waals surface area contributed by atoms with Gasteiger partial charge >= 0.3 is 0 Å². The van der Waals surface area contributed by atoms with Gasteiger partial charge in [0.25, 0.3) is 0 Å². The molecule has 1 aliphatic rings. The van der Waals surface area contributed by atoms with Crippen molar-refractivity contribution in [3.63, 3.8) is 0 Å². The van der Waals surface area contributed by atoms with Crippen LogP contribution in [0, 0.1) is 0 Å². The highest BCUT2D eigenvalue weighted by Crippen LogP contribution is 2.32. The summed E-state index contributed by atoms with van der Waals surface area (Å²) < 4.78 is 29.6. The summed E-state index contributed by atoms with van der Waals surface area (Å²) in [6.07, 6.45) is 3.51. The quantitative estimate of drug-likeness (QED) is 0.839. The lowest BCUT2D eigenvalue weighted by atomic mass is 10.3. The Hall–Kier alpha value is -1.23. The summed E-state index contributed by atoms with van der Waals surface area (Å²) in [4.78, 5) is 0.308. The third-order valence-electron chi connectivity index (χ3n) is 3.27. The molecule has 17 heavy (non-hydrogen) atoms. The minimum atomic E-state index is -3.22. The standard InChI is InChI=1S/C12H17NO3S/c1-16-12-7-6-10(8-11(12)13)17(14,15)9-4-2-3-5-9/h6-9H,2-5,13H2,1H3. The highest BCUT2D eigenvalue weighted by molar-refractivity contribution is 7.92. The van der Waals surface area contributed by atoms with Gasteiger partial charge in [0.1, 0.15) is 5.75 Å². The van der Waals surface area contributed by atoms with Gasteiger partial charge in [-0.1, -0.05) is 12.8 Å². The normalized spacial score (nSPS) is 17.2. The Balaban J connectivity index is 2.36. The smallest absolute Gasteiger partial charge is 0.181 e. The topological polar surface area (TPSA) is 69.4 Å². The van der Waals surface area contributed by atoms with Gasteiger partial charge in [0.15, 0.2) is 9.84 Å². The lowest BCUT2D eigenvalue weighted by Crippen LogP contribution is -2.17. The molecular formula is C12H17NO3S. The fourth-order valence-corrected chi connectivity index (χ4v) is 4.17. The first-order valence-corrected chi connectivity index (χ1v) is 7.28. The SMILES string of the molecule is COc1ccc(S(=O)(=O)C2CCCC2)cc1N. The number of nitrogen functional groups attached to an aromatic ring is 1. The van der Waals surface area contributed by atoms with Crippen LogP contribution in [0.1, 0.15) is 25.7 Å². The van der Waals surface area contributed by atoms with E-state index in [2.05, 4.69) is 0 Å². The lowest BCUT2D eigenvalue weighted by molar-refractivity contribution is 0.416. The number of rotatable bonds is 3. The maximum atomic E-state index is 12.3. The van der Waals surface area contributed by atoms with Crippen LogP contribution in [-0.2, 0) is 9.84 Å². The fourth-order valence-electron chi connectivity index (χ4n) is 2.28. The highest BCUT2D eigenvalue weighted by atomic mass is 32.2. The monoisotopic (exact) mass is 255 g/mol. The number of hydrogen-bond acceptors (Lipinski definition) is 4. The van der Waals surface area contributed by atoms with Crippen molar-refractivity contribution in [2.75, 3.05) is 12.8 Å². The Morgan fingerprint density at radius 2 is 1.94 bits per heavy atom. The number of ether oxygens (including phenoxy) is 1. The third-order valence-corrected chi connectivity index (χ3v) is 5.53. The van der Waals surface area contributed by atoms with E-state index in [4.69, 9.17) is 10.5 Å². The van der Waals surface area contributed by atoms with Gasteiger partial charge in [0.2, 0.25) is 0 Å². The van der Waals surface area contributed by atoms with E-state index in [0.717, 1.165) is 25.7 Å². The van der Waals surface area contributed by atoms with E-state index >= 15 is 0 Å². The van der Waals surface area contributed by atoms with Crippen LogP contribution in [-0.4, -0.2) is 20.8 Å². The van der Waals surface area contributed by atoms with Gasteiger partial charge in [-0.3, -0.25) is 0 Å². The van der Waals surface area contributed by atoms with E-state index in [9.17, 15) is 8.42 Å². The largest absolute Gasteiger partial charge is 0.495 e. The Bertz CT molecular complexity index is 504. The summed E-state index contributed by atoms with van der Waals surface area (Å²) in [7, 11) is -1.71. The molecule has 2 rings (SSSR count). The molecule has 1 aliphatic carbocycles. The minimum Gasteiger partial charge on any atom is -0.495 e. The molecule has 0 bridgehead atoms. The van der Waals surface area contributed by atoms with Crippen molar-refractivity contribution in [3.8, 4) is 5.75 Å². The molecule has 5 heteroatoms. The summed E-state index contributed by atoms with van der Waals surface area (Å²) in [6.45, 7) is 0. The second-order valence-electron chi connectivity index (χ2n) is 4.36. The van der Waals surface area contributed by atoms with Crippen LogP contribution >= 0.6 is 0 Å². The Morgan fingerprint density at radius 3 is 2.47 bits per heavy atom. The zero-order valence-electron chi connectivity index (χ0n) is 9.85. The van der Waals surface area contributed by atoms with E-state index in [-0.39, 0.29) is 5.25 Å². The molecule has 1 fully saturated rings. The Morgan fingerprint density at radius 1 is 1.29 bits per heavy atom. The molecule has 0 aromatic heterocycles. The van der Waals surface area contributed by atoms with Gasteiger partial charge in [-0.2, -0.15) is 0 Å². The number of anilines is 1. The number of sulfone groups is 1. The number of methoxy groups -OCH3 is 1. The van der Waals surface area contributed by atoms with Gasteiger partial charge in [0, 0.05) is 0 Å². The second kappa shape index (κ2) is 4.56. The summed E-state index contributed by atoms with van der Waals surface area (Å²) in [6, 6.07) is 4.67. The van der Waals surface area contributed by atoms with E-state index in [1.54, 1.807) is 12.1 Å². The summed E-state index contributed by atoms with van der Waals surface area (Å²) >= 11 is 0. The molecule has 1 aromatic carbocycles. The molecule has 0 radical (unpaired) electrons. The molecule has 0 spiro atoms. The van der Waals surface area contributed by atoms with E-state index < -0.39 is 9.84 Å². The van der Waals surface area contributed by atoms with Crippen molar-refractivity contribution in [2.24, 2.45) is 0 Å². The van der Waals surface area contributed by atoms with Crippen LogP contribution in [0.4, 0.5) is 5.69 Å². The van der Waals surface area contributed by atoms with Crippen molar-refractivity contribution in [3.05, 3.63) is 18.2 Å². The first-order valence-electron chi connectivity index (χ1n) is 5.73. The van der Waals surface area contributed by atoms with Crippen LogP contribution < -0.4 is 10.5 Å². The zero-order chi connectivity index (χ0) is 12.5. The van der Waals surface area contributed by atoms with Crippen LogP contribution in [0.15, 0.2) is 23.1 Å². The Kier molecular flexibility index (Phi) is 3.28. The average molecular weight is 255 g/mol. The van der Waals surface area contributed by atoms with Crippen LogP contribution in [0.25, 0.3) is 0 Å². The van der Waals surface area contributed by atoms with Crippen molar-refractivity contribution in [2.45, 2.75) is 35.8 Å². The molecule has 1 aromatic rings. The van der Waals surface area contributed by atoms with Crippen molar-refractivity contribution in [1.82, 2.24) is 0 Å². The molecule has 0 aliphatic heterocycles. The molecule has 0 atom stereocenters. The average Bonchev–Trinajstić information content (AvgIpc) is 2.83. The van der Waals surface area contributed by atoms with Crippen LogP contribution in [0.3, 0.4) is 0 Å². The molecule has 4 nitrogen and oxygen atoms in total. The van der Waals surface area contributed by atoms with Crippen molar-refractivity contribution >= 4 is 15.5 Å². The summed E-state index contributed by atoms with van der Waals surface area (Å²) in [5, 5.41) is -0.240. The van der Waals surface area contributed by atoms with Gasteiger partial charge in [-0.05, 0) is 31.0 Å².